The van der Waals surface area contributed by atoms with Crippen LogP contribution in [0.25, 0.3) is 32.9 Å². The average molecular weight is 667 g/mol. The predicted molar refractivity (Wildman–Crippen MR) is 174 cm³/mol. The fourth-order valence-corrected chi connectivity index (χ4v) is 8.32. The average Bonchev–Trinajstić information content (AvgIpc) is 3.57. The Labute approximate surface area is 276 Å². The molecule has 48 heavy (non-hydrogen) atoms. The van der Waals surface area contributed by atoms with Gasteiger partial charge in [0, 0.05) is 39.1 Å². The number of nitrogens with one attached hydrogen (secondary N) is 1. The van der Waals surface area contributed by atoms with Gasteiger partial charge in [0.15, 0.2) is 5.82 Å². The van der Waals surface area contributed by atoms with Crippen LogP contribution < -0.4 is 15.0 Å². The fourth-order valence-electron chi connectivity index (χ4n) is 8.32. The molecule has 0 saturated carbocycles. The molecule has 9 rings (SSSR count). The number of pyridine rings is 1. The number of fused-ring (bicyclic) bond motifs is 7. The minimum Gasteiger partial charge on any atom is -0.461 e. The van der Waals surface area contributed by atoms with Gasteiger partial charge < -0.3 is 19.7 Å². The van der Waals surface area contributed by atoms with E-state index in [0.29, 0.717) is 41.3 Å². The van der Waals surface area contributed by atoms with Crippen molar-refractivity contribution in [3.63, 3.8) is 0 Å². The van der Waals surface area contributed by atoms with Crippen molar-refractivity contribution in [3.8, 4) is 17.3 Å². The lowest BCUT2D eigenvalue weighted by molar-refractivity contribution is 0.107. The van der Waals surface area contributed by atoms with Gasteiger partial charge in [0.25, 0.3) is 0 Å². The monoisotopic (exact) mass is 666 g/mol. The van der Waals surface area contributed by atoms with Crippen LogP contribution in [0.3, 0.4) is 0 Å². The van der Waals surface area contributed by atoms with Gasteiger partial charge in [-0.25, -0.2) is 22.4 Å². The minimum atomic E-state index is -1.36. The molecule has 0 aliphatic carbocycles. The highest BCUT2D eigenvalue weighted by Crippen LogP contribution is 2.42. The number of alkyl carbamates (subject to hydrolysis) is 1. The molecule has 4 atom stereocenters. The highest BCUT2D eigenvalue weighted by atomic mass is 19.1. The Bertz CT molecular complexity index is 1940. The Hall–Kier alpha value is -4.26. The van der Waals surface area contributed by atoms with Gasteiger partial charge in [-0.3, -0.25) is 9.88 Å². The zero-order valence-electron chi connectivity index (χ0n) is 26.6. The number of piperidine rings is 1. The largest absolute Gasteiger partial charge is 0.461 e. The number of ether oxygens (including phenoxy) is 2. The fraction of sp³-hybridized carbons (Fsp3) is 0.486. The number of benzene rings is 2. The molecule has 6 bridgehead atoms. The smallest absolute Gasteiger partial charge is 0.407 e. The second-order valence-corrected chi connectivity index (χ2v) is 13.9. The van der Waals surface area contributed by atoms with Crippen molar-refractivity contribution in [2.45, 2.75) is 68.9 Å². The molecule has 1 amide bonds. The maximum absolute atomic E-state index is 16.9. The van der Waals surface area contributed by atoms with E-state index in [-0.39, 0.29) is 69.0 Å². The standard InChI is InChI=1S/C35H36F4N6O3.H2/c1-34-13-21(36)16-44(18-34)31-25-15-40-29(24-6-2-5-20-8-9-26(38)23(27(20)24)7-3-12-47-33(46)43-34)28(39)30(25)41-32(42-31)48-19-35-10-4-11-45(35)17-22(37)14-35;/h2,5-6,8-9,15,21-22H,3-4,7,10-14,16-19H2,1H3,(H,43,46);1H/t21-,22-,34-,35+;/m1./s1. The third-order valence-electron chi connectivity index (χ3n) is 10.4. The summed E-state index contributed by atoms with van der Waals surface area (Å²) in [5.74, 6) is -1.03. The Morgan fingerprint density at radius 3 is 2.83 bits per heavy atom. The van der Waals surface area contributed by atoms with Crippen LogP contribution in [-0.2, 0) is 11.2 Å². The summed E-state index contributed by atoms with van der Waals surface area (Å²) in [5, 5.41) is 4.23. The van der Waals surface area contributed by atoms with Gasteiger partial charge in [-0.15, -0.1) is 0 Å². The van der Waals surface area contributed by atoms with E-state index in [4.69, 9.17) is 9.47 Å². The third kappa shape index (κ3) is 5.36. The maximum atomic E-state index is 16.9. The summed E-state index contributed by atoms with van der Waals surface area (Å²) in [6.45, 7) is 2.99. The van der Waals surface area contributed by atoms with Gasteiger partial charge in [0.1, 0.15) is 41.8 Å². The first-order valence-electron chi connectivity index (χ1n) is 16.5. The van der Waals surface area contributed by atoms with Gasteiger partial charge in [-0.05, 0) is 61.6 Å². The molecule has 2 aromatic heterocycles. The molecule has 0 spiro atoms. The number of halogens is 4. The summed E-state index contributed by atoms with van der Waals surface area (Å²) in [6, 6.07) is 8.13. The molecule has 0 unspecified atom stereocenters. The molecule has 7 heterocycles. The van der Waals surface area contributed by atoms with Gasteiger partial charge in [-0.2, -0.15) is 9.97 Å². The van der Waals surface area contributed by atoms with Crippen LogP contribution >= 0.6 is 0 Å². The molecule has 2 aromatic carbocycles. The van der Waals surface area contributed by atoms with Crippen molar-refractivity contribution in [1.29, 1.82) is 0 Å². The first-order chi connectivity index (χ1) is 23.1. The molecule has 0 radical (unpaired) electrons. The Balaban J connectivity index is 0.00000378. The first-order valence-corrected chi connectivity index (χ1v) is 16.5. The van der Waals surface area contributed by atoms with E-state index in [1.165, 1.54) is 12.3 Å². The predicted octanol–water partition coefficient (Wildman–Crippen LogP) is 6.30. The number of carbonyl (C=O) groups excluding carboxylic acids is 1. The molecular formula is C35H38F4N6O3. The quantitative estimate of drug-likeness (QED) is 0.255. The molecule has 3 saturated heterocycles. The van der Waals surface area contributed by atoms with Crippen LogP contribution in [0.15, 0.2) is 36.5 Å². The normalized spacial score (nSPS) is 27.7. The number of carbonyl (C=O) groups is 1. The van der Waals surface area contributed by atoms with E-state index in [1.54, 1.807) is 30.0 Å². The number of hydrogen-bond donors (Lipinski definition) is 1. The molecule has 13 heteroatoms. The van der Waals surface area contributed by atoms with Gasteiger partial charge in [-0.1, -0.05) is 24.3 Å². The van der Waals surface area contributed by atoms with Crippen LogP contribution in [0.1, 0.15) is 46.0 Å². The van der Waals surface area contributed by atoms with Crippen molar-refractivity contribution in [2.24, 2.45) is 0 Å². The van der Waals surface area contributed by atoms with Crippen molar-refractivity contribution < 1.29 is 33.3 Å². The zero-order valence-corrected chi connectivity index (χ0v) is 26.6. The number of aryl methyl sites for hydroxylation is 1. The maximum Gasteiger partial charge on any atom is 0.407 e. The van der Waals surface area contributed by atoms with E-state index >= 15 is 13.2 Å². The molecule has 5 aliphatic rings. The molecule has 9 nitrogen and oxygen atoms in total. The highest BCUT2D eigenvalue weighted by molar-refractivity contribution is 6.01. The molecule has 1 N–H and O–H groups in total. The van der Waals surface area contributed by atoms with Crippen LogP contribution in [0, 0.1) is 11.6 Å². The molecule has 254 valence electrons. The Morgan fingerprint density at radius 2 is 1.96 bits per heavy atom. The number of anilines is 1. The first kappa shape index (κ1) is 31.0. The summed E-state index contributed by atoms with van der Waals surface area (Å²) in [6.07, 6.45) is 0.934. The number of aromatic nitrogens is 3. The number of hydrogen-bond acceptors (Lipinski definition) is 8. The second kappa shape index (κ2) is 11.7. The Morgan fingerprint density at radius 1 is 1.10 bits per heavy atom. The van der Waals surface area contributed by atoms with Crippen molar-refractivity contribution >= 4 is 33.6 Å². The molecule has 4 aromatic rings. The van der Waals surface area contributed by atoms with Crippen molar-refractivity contribution in [3.05, 3.63) is 53.7 Å². The van der Waals surface area contributed by atoms with Gasteiger partial charge in [0.05, 0.1) is 29.6 Å². The van der Waals surface area contributed by atoms with Crippen molar-refractivity contribution in [1.82, 2.24) is 25.2 Å². The van der Waals surface area contributed by atoms with E-state index < -0.39 is 41.1 Å². The van der Waals surface area contributed by atoms with Crippen LogP contribution in [0.4, 0.5) is 28.2 Å². The van der Waals surface area contributed by atoms with E-state index in [9.17, 15) is 9.18 Å². The van der Waals surface area contributed by atoms with Gasteiger partial charge in [0.2, 0.25) is 0 Å². The summed E-state index contributed by atoms with van der Waals surface area (Å²) in [5.41, 5.74) is -0.969. The summed E-state index contributed by atoms with van der Waals surface area (Å²) < 4.78 is 74.0. The topological polar surface area (TPSA) is 92.7 Å². The Kier molecular flexibility index (Phi) is 7.57. The van der Waals surface area contributed by atoms with Crippen LogP contribution in [0.5, 0.6) is 6.01 Å². The summed E-state index contributed by atoms with van der Waals surface area (Å²) in [4.78, 5) is 30.4. The van der Waals surface area contributed by atoms with Crippen molar-refractivity contribution in [2.75, 3.05) is 44.3 Å². The van der Waals surface area contributed by atoms with Crippen LogP contribution in [-0.4, -0.2) is 88.8 Å². The minimum absolute atomic E-state index is 0. The number of rotatable bonds is 3. The highest BCUT2D eigenvalue weighted by Gasteiger charge is 2.49. The number of amides is 1. The molecule has 5 aliphatic heterocycles. The SMILES string of the molecule is C[C@@]12C[C@@H](F)CN(C1)c1nc(OC[C@@]34CCCN3C[C@H](F)C4)nc3c(F)c(ncc13)-c1cccc3ccc(F)c(c13)CCCOC(=O)N2.[HH]. The summed E-state index contributed by atoms with van der Waals surface area (Å²) >= 11 is 0. The lowest BCUT2D eigenvalue weighted by atomic mass is 9.90. The number of alkyl halides is 2. The zero-order chi connectivity index (χ0) is 33.2. The van der Waals surface area contributed by atoms with E-state index in [1.807, 2.05) is 6.07 Å². The van der Waals surface area contributed by atoms with E-state index in [0.717, 1.165) is 19.4 Å². The third-order valence-corrected chi connectivity index (χ3v) is 10.4. The summed E-state index contributed by atoms with van der Waals surface area (Å²) in [7, 11) is 0. The molecule has 3 fully saturated rings. The van der Waals surface area contributed by atoms with Crippen LogP contribution in [0.2, 0.25) is 0 Å². The van der Waals surface area contributed by atoms with E-state index in [2.05, 4.69) is 25.2 Å². The molecular weight excluding hydrogens is 628 g/mol. The second-order valence-electron chi connectivity index (χ2n) is 13.9. The van der Waals surface area contributed by atoms with Gasteiger partial charge >= 0.3 is 12.1 Å². The lowest BCUT2D eigenvalue weighted by Gasteiger charge is -2.42. The number of nitrogens with zero attached hydrogens (tertiary/aromatic N) is 5. The lowest BCUT2D eigenvalue weighted by Crippen LogP contribution is -2.60.